The van der Waals surface area contributed by atoms with Gasteiger partial charge in [-0.1, -0.05) is 12.1 Å². The second kappa shape index (κ2) is 8.26. The summed E-state index contributed by atoms with van der Waals surface area (Å²) >= 11 is 0. The Labute approximate surface area is 182 Å². The highest BCUT2D eigenvalue weighted by molar-refractivity contribution is 5.63. The van der Waals surface area contributed by atoms with E-state index in [0.717, 1.165) is 6.07 Å². The van der Waals surface area contributed by atoms with E-state index in [1.165, 1.54) is 21.3 Å². The third-order valence-electron chi connectivity index (χ3n) is 5.16. The Kier molecular flexibility index (Phi) is 5.48. The summed E-state index contributed by atoms with van der Waals surface area (Å²) in [5.41, 5.74) is 0.472. The average Bonchev–Trinajstić information content (AvgIpc) is 3.23. The highest BCUT2D eigenvalue weighted by Gasteiger charge is 2.16. The van der Waals surface area contributed by atoms with Crippen LogP contribution in [-0.4, -0.2) is 29.0 Å². The van der Waals surface area contributed by atoms with Crippen LogP contribution in [0.15, 0.2) is 64.4 Å². The van der Waals surface area contributed by atoms with Gasteiger partial charge in [0.2, 0.25) is 0 Å². The van der Waals surface area contributed by atoms with Crippen LogP contribution in [0.2, 0.25) is 0 Å². The molecule has 3 aromatic heterocycles. The van der Waals surface area contributed by atoms with Crippen LogP contribution < -0.4 is 11.1 Å². The van der Waals surface area contributed by atoms with Gasteiger partial charge >= 0.3 is 0 Å². The van der Waals surface area contributed by atoms with Crippen LogP contribution >= 0.6 is 0 Å². The molecule has 0 aliphatic heterocycles. The molecule has 0 saturated heterocycles. The summed E-state index contributed by atoms with van der Waals surface area (Å²) in [4.78, 5) is 28.3. The molecule has 0 bridgehead atoms. The Bertz CT molecular complexity index is 1420. The van der Waals surface area contributed by atoms with Gasteiger partial charge in [-0.15, -0.1) is 0 Å². The number of aromatic hydroxyl groups is 1. The largest absolute Gasteiger partial charge is 0.494 e. The van der Waals surface area contributed by atoms with Crippen LogP contribution in [0.25, 0.3) is 22.6 Å². The van der Waals surface area contributed by atoms with Crippen molar-refractivity contribution in [1.29, 1.82) is 0 Å². The van der Waals surface area contributed by atoms with Gasteiger partial charge < -0.3 is 9.67 Å². The Morgan fingerprint density at radius 2 is 1.84 bits per heavy atom. The standard InChI is InChI=1S/C23H22FN5O3/c1-14(2)29-10-8-19(26-29)22-25-20(30)12-21(31)28(22)13-15-6-7-16(18(24)11-15)17-5-4-9-27(3)23(17)32/h4-12,14,31H,13H2,1-3H3. The van der Waals surface area contributed by atoms with E-state index < -0.39 is 11.4 Å². The molecule has 32 heavy (non-hydrogen) atoms. The molecule has 8 nitrogen and oxygen atoms in total. The van der Waals surface area contributed by atoms with E-state index in [1.807, 2.05) is 13.8 Å². The molecule has 0 saturated carbocycles. The average molecular weight is 435 g/mol. The predicted molar refractivity (Wildman–Crippen MR) is 118 cm³/mol. The third-order valence-corrected chi connectivity index (χ3v) is 5.16. The minimum atomic E-state index is -0.603. The van der Waals surface area contributed by atoms with Crippen molar-refractivity contribution in [2.75, 3.05) is 0 Å². The third kappa shape index (κ3) is 3.96. The fraction of sp³-hybridized carbons (Fsp3) is 0.217. The highest BCUT2D eigenvalue weighted by atomic mass is 19.1. The van der Waals surface area contributed by atoms with Gasteiger partial charge in [-0.25, -0.2) is 4.39 Å². The number of hydrogen-bond acceptors (Lipinski definition) is 5. The second-order valence-corrected chi connectivity index (χ2v) is 7.79. The van der Waals surface area contributed by atoms with Crippen molar-refractivity contribution < 1.29 is 9.50 Å². The first-order chi connectivity index (χ1) is 15.2. The summed E-state index contributed by atoms with van der Waals surface area (Å²) in [5.74, 6) is -0.693. The summed E-state index contributed by atoms with van der Waals surface area (Å²) in [7, 11) is 1.60. The number of benzene rings is 1. The summed E-state index contributed by atoms with van der Waals surface area (Å²) in [6.45, 7) is 3.97. The lowest BCUT2D eigenvalue weighted by Crippen LogP contribution is -2.18. The zero-order chi connectivity index (χ0) is 23.0. The molecule has 0 aliphatic rings. The monoisotopic (exact) mass is 435 g/mol. The number of hydrogen-bond donors (Lipinski definition) is 1. The van der Waals surface area contributed by atoms with Crippen molar-refractivity contribution in [3.8, 4) is 28.5 Å². The van der Waals surface area contributed by atoms with Gasteiger partial charge in [-0.2, -0.15) is 10.1 Å². The molecule has 9 heteroatoms. The van der Waals surface area contributed by atoms with Gasteiger partial charge in [0.1, 0.15) is 11.5 Å². The van der Waals surface area contributed by atoms with Crippen molar-refractivity contribution >= 4 is 0 Å². The van der Waals surface area contributed by atoms with Gasteiger partial charge in [0.15, 0.2) is 11.7 Å². The molecular formula is C23H22FN5O3. The lowest BCUT2D eigenvalue weighted by molar-refractivity contribution is 0.416. The molecule has 0 unspecified atom stereocenters. The number of pyridine rings is 1. The molecule has 0 fully saturated rings. The molecule has 0 spiro atoms. The van der Waals surface area contributed by atoms with Crippen molar-refractivity contribution in [3.63, 3.8) is 0 Å². The van der Waals surface area contributed by atoms with Crippen molar-refractivity contribution in [1.82, 2.24) is 23.9 Å². The Morgan fingerprint density at radius 1 is 1.06 bits per heavy atom. The molecule has 1 N–H and O–H groups in total. The second-order valence-electron chi connectivity index (χ2n) is 7.79. The van der Waals surface area contributed by atoms with Crippen LogP contribution in [0, 0.1) is 5.82 Å². The molecule has 0 aliphatic carbocycles. The maximum absolute atomic E-state index is 14.9. The molecule has 4 rings (SSSR count). The van der Waals surface area contributed by atoms with Crippen LogP contribution in [-0.2, 0) is 13.6 Å². The van der Waals surface area contributed by atoms with E-state index in [0.29, 0.717) is 11.3 Å². The zero-order valence-electron chi connectivity index (χ0n) is 17.9. The van der Waals surface area contributed by atoms with Gasteiger partial charge in [0, 0.05) is 31.0 Å². The molecule has 0 radical (unpaired) electrons. The summed E-state index contributed by atoms with van der Waals surface area (Å²) < 4.78 is 19.4. The van der Waals surface area contributed by atoms with Crippen molar-refractivity contribution in [2.45, 2.75) is 26.4 Å². The van der Waals surface area contributed by atoms with E-state index in [9.17, 15) is 19.1 Å². The minimum absolute atomic E-state index is 0.0486. The van der Waals surface area contributed by atoms with Gasteiger partial charge in [-0.05, 0) is 43.7 Å². The topological polar surface area (TPSA) is 94.9 Å². The summed E-state index contributed by atoms with van der Waals surface area (Å²) in [6, 6.07) is 10.6. The number of aryl methyl sites for hydroxylation is 1. The van der Waals surface area contributed by atoms with E-state index in [-0.39, 0.29) is 41.0 Å². The minimum Gasteiger partial charge on any atom is -0.494 e. The van der Waals surface area contributed by atoms with Crippen LogP contribution in [0.3, 0.4) is 0 Å². The van der Waals surface area contributed by atoms with E-state index in [2.05, 4.69) is 10.1 Å². The molecule has 164 valence electrons. The zero-order valence-corrected chi connectivity index (χ0v) is 17.9. The fourth-order valence-corrected chi connectivity index (χ4v) is 3.45. The maximum Gasteiger partial charge on any atom is 0.277 e. The number of rotatable bonds is 5. The Hall–Kier alpha value is -4.01. The first kappa shape index (κ1) is 21.2. The lowest BCUT2D eigenvalue weighted by Gasteiger charge is -2.14. The van der Waals surface area contributed by atoms with E-state index in [1.54, 1.807) is 48.4 Å². The van der Waals surface area contributed by atoms with E-state index in [4.69, 9.17) is 0 Å². The summed E-state index contributed by atoms with van der Waals surface area (Å²) in [5, 5.41) is 14.9. The summed E-state index contributed by atoms with van der Waals surface area (Å²) in [6.07, 6.45) is 3.36. The Morgan fingerprint density at radius 3 is 2.53 bits per heavy atom. The molecular weight excluding hydrogens is 413 g/mol. The molecule has 0 amide bonds. The smallest absolute Gasteiger partial charge is 0.277 e. The highest BCUT2D eigenvalue weighted by Crippen LogP contribution is 2.24. The SMILES string of the molecule is CC(C)n1ccc(-c2nc(=O)cc(O)n2Cc2ccc(-c3cccn(C)c3=O)c(F)c2)n1. The molecule has 1 aromatic carbocycles. The number of aromatic nitrogens is 5. The first-order valence-electron chi connectivity index (χ1n) is 10.1. The molecule has 0 atom stereocenters. The van der Waals surface area contributed by atoms with Gasteiger partial charge in [0.05, 0.1) is 18.2 Å². The first-order valence-corrected chi connectivity index (χ1v) is 10.1. The van der Waals surface area contributed by atoms with Crippen molar-refractivity contribution in [3.05, 3.63) is 86.9 Å². The van der Waals surface area contributed by atoms with Crippen LogP contribution in [0.1, 0.15) is 25.5 Å². The quantitative estimate of drug-likeness (QED) is 0.520. The number of nitrogens with zero attached hydrogens (tertiary/aromatic N) is 5. The lowest BCUT2D eigenvalue weighted by atomic mass is 10.0. The number of halogens is 1. The van der Waals surface area contributed by atoms with Crippen LogP contribution in [0.5, 0.6) is 5.88 Å². The normalized spacial score (nSPS) is 11.3. The molecule has 4 aromatic rings. The van der Waals surface area contributed by atoms with Gasteiger partial charge in [0.25, 0.3) is 11.1 Å². The van der Waals surface area contributed by atoms with E-state index >= 15 is 0 Å². The van der Waals surface area contributed by atoms with Crippen LogP contribution in [0.4, 0.5) is 4.39 Å². The maximum atomic E-state index is 14.9. The predicted octanol–water partition coefficient (Wildman–Crippen LogP) is 2.95. The van der Waals surface area contributed by atoms with Gasteiger partial charge in [-0.3, -0.25) is 18.8 Å². The molecule has 3 heterocycles. The Balaban J connectivity index is 1.75. The van der Waals surface area contributed by atoms with Crippen molar-refractivity contribution in [2.24, 2.45) is 7.05 Å². The fourth-order valence-electron chi connectivity index (χ4n) is 3.45.